The largest absolute Gasteiger partial charge is 0.460 e. The number of pyridine rings is 1. The Bertz CT molecular complexity index is 1270. The van der Waals surface area contributed by atoms with Crippen molar-refractivity contribution in [3.63, 3.8) is 0 Å². The number of nitrogens with zero attached hydrogens (tertiary/aromatic N) is 2. The molecule has 0 radical (unpaired) electrons. The molecule has 1 aliphatic rings. The van der Waals surface area contributed by atoms with Crippen LogP contribution in [0.3, 0.4) is 0 Å². The standard InChI is InChI=1S/C27H33ClN2O6S/c1-5-6-7-8-23(31)21-14-22-24(15-29-21)37(34,35)17-19(13-25(32)36-27(2,3)4)26(33)30(22)16-18-9-11-20(28)12-10-18/h9-12,14-15,19H,5-8,13,16-17H2,1-4H3/t19-/m0/s1. The predicted octanol–water partition coefficient (Wildman–Crippen LogP) is 5.17. The minimum Gasteiger partial charge on any atom is -0.460 e. The fourth-order valence-corrected chi connectivity index (χ4v) is 5.93. The zero-order valence-corrected chi connectivity index (χ0v) is 23.2. The molecule has 1 atom stereocenters. The van der Waals surface area contributed by atoms with Crippen molar-refractivity contribution in [1.82, 2.24) is 4.98 Å². The summed E-state index contributed by atoms with van der Waals surface area (Å²) in [5, 5.41) is 0.515. The van der Waals surface area contributed by atoms with Crippen LogP contribution in [0.4, 0.5) is 5.69 Å². The van der Waals surface area contributed by atoms with Gasteiger partial charge in [-0.25, -0.2) is 8.42 Å². The van der Waals surface area contributed by atoms with E-state index in [1.54, 1.807) is 45.0 Å². The van der Waals surface area contributed by atoms with E-state index in [0.29, 0.717) is 17.0 Å². The summed E-state index contributed by atoms with van der Waals surface area (Å²) in [6.45, 7) is 7.15. The van der Waals surface area contributed by atoms with Crippen LogP contribution in [0.2, 0.25) is 5.02 Å². The Morgan fingerprint density at radius 2 is 1.84 bits per heavy atom. The second-order valence-corrected chi connectivity index (χ2v) is 12.7. The molecule has 3 rings (SSSR count). The van der Waals surface area contributed by atoms with E-state index in [4.69, 9.17) is 16.3 Å². The Balaban J connectivity index is 2.05. The molecule has 0 unspecified atom stereocenters. The molecule has 1 aliphatic heterocycles. The number of sulfone groups is 1. The number of fused-ring (bicyclic) bond motifs is 1. The second kappa shape index (κ2) is 11.7. The molecule has 0 saturated heterocycles. The predicted molar refractivity (Wildman–Crippen MR) is 141 cm³/mol. The Morgan fingerprint density at radius 1 is 1.16 bits per heavy atom. The molecule has 37 heavy (non-hydrogen) atoms. The Hall–Kier alpha value is -2.78. The third kappa shape index (κ3) is 7.61. The number of ether oxygens (including phenoxy) is 1. The molecule has 2 aromatic rings. The van der Waals surface area contributed by atoms with E-state index in [2.05, 4.69) is 4.98 Å². The zero-order chi connectivity index (χ0) is 27.4. The van der Waals surface area contributed by atoms with Crippen LogP contribution in [0.15, 0.2) is 41.4 Å². The first-order valence-corrected chi connectivity index (χ1v) is 14.4. The van der Waals surface area contributed by atoms with Crippen LogP contribution in [0.1, 0.15) is 75.9 Å². The van der Waals surface area contributed by atoms with Gasteiger partial charge in [0.15, 0.2) is 15.6 Å². The quantitative estimate of drug-likeness (QED) is 0.241. The number of unbranched alkanes of at least 4 members (excludes halogenated alkanes) is 2. The maximum absolute atomic E-state index is 13.8. The molecule has 1 aromatic heterocycles. The number of carbonyl (C=O) groups is 3. The number of esters is 1. The smallest absolute Gasteiger partial charge is 0.307 e. The summed E-state index contributed by atoms with van der Waals surface area (Å²) >= 11 is 6.01. The van der Waals surface area contributed by atoms with E-state index in [1.165, 1.54) is 11.0 Å². The van der Waals surface area contributed by atoms with Crippen LogP contribution in [-0.2, 0) is 30.7 Å². The fraction of sp³-hybridized carbons (Fsp3) is 0.481. The van der Waals surface area contributed by atoms with Gasteiger partial charge in [-0.3, -0.25) is 19.4 Å². The molecule has 2 heterocycles. The lowest BCUT2D eigenvalue weighted by Gasteiger charge is -2.26. The van der Waals surface area contributed by atoms with Gasteiger partial charge in [0.05, 0.1) is 30.3 Å². The number of anilines is 1. The first kappa shape index (κ1) is 28.8. The van der Waals surface area contributed by atoms with Gasteiger partial charge >= 0.3 is 5.97 Å². The molecule has 0 bridgehead atoms. The summed E-state index contributed by atoms with van der Waals surface area (Å²) in [5.74, 6) is -3.16. The zero-order valence-electron chi connectivity index (χ0n) is 21.6. The summed E-state index contributed by atoms with van der Waals surface area (Å²) in [7, 11) is -4.01. The van der Waals surface area contributed by atoms with Gasteiger partial charge < -0.3 is 9.64 Å². The number of carbonyl (C=O) groups excluding carboxylic acids is 3. The molecule has 10 heteroatoms. The molecule has 1 amide bonds. The Morgan fingerprint density at radius 3 is 2.46 bits per heavy atom. The monoisotopic (exact) mass is 548 g/mol. The van der Waals surface area contributed by atoms with Crippen molar-refractivity contribution in [3.8, 4) is 0 Å². The molecule has 0 N–H and O–H groups in total. The molecular weight excluding hydrogens is 516 g/mol. The second-order valence-electron chi connectivity index (χ2n) is 10.2. The van der Waals surface area contributed by atoms with Crippen LogP contribution in [0, 0.1) is 5.92 Å². The number of rotatable bonds is 9. The van der Waals surface area contributed by atoms with Crippen LogP contribution < -0.4 is 4.90 Å². The molecule has 0 fully saturated rings. The number of Topliss-reactive ketones (excluding diaryl/α,β-unsaturated/α-hetero) is 1. The summed E-state index contributed by atoms with van der Waals surface area (Å²) in [5.41, 5.74) is 0.101. The van der Waals surface area contributed by atoms with Crippen molar-refractivity contribution < 1.29 is 27.5 Å². The van der Waals surface area contributed by atoms with Gasteiger partial charge in [-0.15, -0.1) is 0 Å². The van der Waals surface area contributed by atoms with E-state index in [9.17, 15) is 22.8 Å². The van der Waals surface area contributed by atoms with Gasteiger partial charge in [0, 0.05) is 17.6 Å². The average molecular weight is 549 g/mol. The maximum Gasteiger partial charge on any atom is 0.307 e. The first-order chi connectivity index (χ1) is 17.3. The van der Waals surface area contributed by atoms with E-state index in [1.807, 2.05) is 6.92 Å². The number of hydrogen-bond donors (Lipinski definition) is 0. The highest BCUT2D eigenvalue weighted by Crippen LogP contribution is 2.35. The Labute approximate surface area is 223 Å². The number of halogens is 1. The SMILES string of the molecule is CCCCCC(=O)c1cc2c(cn1)S(=O)(=O)C[C@H](CC(=O)OC(C)(C)C)C(=O)N2Cc1ccc(Cl)cc1. The minimum atomic E-state index is -4.01. The number of aromatic nitrogens is 1. The highest BCUT2D eigenvalue weighted by atomic mass is 35.5. The number of ketones is 1. The molecule has 0 saturated carbocycles. The third-order valence-electron chi connectivity index (χ3n) is 5.89. The van der Waals surface area contributed by atoms with Gasteiger partial charge in [-0.05, 0) is 51.0 Å². The lowest BCUT2D eigenvalue weighted by Crippen LogP contribution is -2.38. The number of hydrogen-bond acceptors (Lipinski definition) is 7. The lowest BCUT2D eigenvalue weighted by molar-refractivity contribution is -0.156. The molecule has 8 nitrogen and oxygen atoms in total. The third-order valence-corrected chi connectivity index (χ3v) is 7.97. The van der Waals surface area contributed by atoms with Crippen LogP contribution in [-0.4, -0.2) is 42.4 Å². The molecule has 0 spiro atoms. The highest BCUT2D eigenvalue weighted by Gasteiger charge is 2.40. The van der Waals surface area contributed by atoms with E-state index in [-0.39, 0.29) is 35.0 Å². The summed E-state index contributed by atoms with van der Waals surface area (Å²) < 4.78 is 32.1. The fourth-order valence-electron chi connectivity index (χ4n) is 4.13. The van der Waals surface area contributed by atoms with Gasteiger partial charge in [0.1, 0.15) is 16.2 Å². The van der Waals surface area contributed by atoms with E-state index >= 15 is 0 Å². The number of amides is 1. The lowest BCUT2D eigenvalue weighted by atomic mass is 10.0. The summed E-state index contributed by atoms with van der Waals surface area (Å²) in [6.07, 6.45) is 3.56. The van der Waals surface area contributed by atoms with Gasteiger partial charge in [-0.2, -0.15) is 0 Å². The van der Waals surface area contributed by atoms with Crippen LogP contribution in [0.25, 0.3) is 0 Å². The molecule has 1 aromatic carbocycles. The van der Waals surface area contributed by atoms with Crippen molar-refractivity contribution in [2.45, 2.75) is 76.8 Å². The van der Waals surface area contributed by atoms with E-state index in [0.717, 1.165) is 19.0 Å². The minimum absolute atomic E-state index is 0.0246. The van der Waals surface area contributed by atoms with Gasteiger partial charge in [0.2, 0.25) is 5.91 Å². The van der Waals surface area contributed by atoms with Crippen molar-refractivity contribution >= 4 is 44.8 Å². The van der Waals surface area contributed by atoms with Gasteiger partial charge in [-0.1, -0.05) is 43.5 Å². The van der Waals surface area contributed by atoms with Crippen LogP contribution >= 0.6 is 11.6 Å². The topological polar surface area (TPSA) is 111 Å². The van der Waals surface area contributed by atoms with Crippen molar-refractivity contribution in [2.75, 3.05) is 10.7 Å². The number of benzene rings is 1. The molecule has 200 valence electrons. The Kier molecular flexibility index (Phi) is 9.13. The van der Waals surface area contributed by atoms with Gasteiger partial charge in [0.25, 0.3) is 0 Å². The highest BCUT2D eigenvalue weighted by molar-refractivity contribution is 7.91. The van der Waals surface area contributed by atoms with E-state index < -0.39 is 45.4 Å². The molecule has 0 aliphatic carbocycles. The van der Waals surface area contributed by atoms with Crippen molar-refractivity contribution in [3.05, 3.63) is 52.8 Å². The van der Waals surface area contributed by atoms with Crippen molar-refractivity contribution in [2.24, 2.45) is 5.92 Å². The molecular formula is C27H33ClN2O6S. The maximum atomic E-state index is 13.8. The summed E-state index contributed by atoms with van der Waals surface area (Å²) in [4.78, 5) is 44.5. The van der Waals surface area contributed by atoms with Crippen LogP contribution in [0.5, 0.6) is 0 Å². The normalized spacial score (nSPS) is 17.2. The van der Waals surface area contributed by atoms with Crippen molar-refractivity contribution in [1.29, 1.82) is 0 Å². The summed E-state index contributed by atoms with van der Waals surface area (Å²) in [6, 6.07) is 8.18. The first-order valence-electron chi connectivity index (χ1n) is 12.3. The average Bonchev–Trinajstić information content (AvgIpc) is 2.87.